The molecule has 0 fully saturated rings. The third-order valence-corrected chi connectivity index (χ3v) is 11.5. The predicted molar refractivity (Wildman–Crippen MR) is 231 cm³/mol. The first-order valence-electron chi connectivity index (χ1n) is 19.2. The monoisotopic (exact) mass is 704 g/mol. The topological polar surface area (TPSA) is 24.4 Å². The SMILES string of the molecule is CC1(C)c2cc(-c3cccc(C4=CC(c5ccc(-c6ccccc6)cc5)NC(c5ccccc5)=N4)c3)ccc2-c2c1cc1ccccc1c2-c1ccccc1. The number of amidine groups is 1. The van der Waals surface area contributed by atoms with Gasteiger partial charge in [-0.25, -0.2) is 4.99 Å². The van der Waals surface area contributed by atoms with Crippen molar-refractivity contribution in [3.8, 4) is 44.5 Å². The summed E-state index contributed by atoms with van der Waals surface area (Å²) < 4.78 is 0. The van der Waals surface area contributed by atoms with Crippen LogP contribution in [0.3, 0.4) is 0 Å². The van der Waals surface area contributed by atoms with Crippen LogP contribution in [0, 0.1) is 0 Å². The molecule has 1 N–H and O–H groups in total. The average Bonchev–Trinajstić information content (AvgIpc) is 3.48. The zero-order chi connectivity index (χ0) is 36.9. The fraction of sp³-hybridized carbons (Fsp3) is 0.0755. The minimum atomic E-state index is -0.165. The van der Waals surface area contributed by atoms with Crippen molar-refractivity contribution in [2.45, 2.75) is 25.3 Å². The average molecular weight is 705 g/mol. The summed E-state index contributed by atoms with van der Waals surface area (Å²) in [6.45, 7) is 4.77. The Kier molecular flexibility index (Phi) is 7.92. The van der Waals surface area contributed by atoms with Gasteiger partial charge in [0.25, 0.3) is 0 Å². The molecule has 0 saturated carbocycles. The molecule has 1 heterocycles. The van der Waals surface area contributed by atoms with Gasteiger partial charge >= 0.3 is 0 Å². The number of benzene rings is 8. The van der Waals surface area contributed by atoms with Crippen LogP contribution >= 0.6 is 0 Å². The first kappa shape index (κ1) is 32.8. The number of fused-ring (bicyclic) bond motifs is 4. The molecule has 1 aliphatic carbocycles. The van der Waals surface area contributed by atoms with Gasteiger partial charge in [-0.3, -0.25) is 0 Å². The Morgan fingerprint density at radius 1 is 0.455 bits per heavy atom. The first-order chi connectivity index (χ1) is 27.0. The van der Waals surface area contributed by atoms with E-state index in [1.165, 1.54) is 72.0 Å². The van der Waals surface area contributed by atoms with Crippen LogP contribution in [0.25, 0.3) is 61.0 Å². The van der Waals surface area contributed by atoms with Crippen molar-refractivity contribution < 1.29 is 0 Å². The summed E-state index contributed by atoms with van der Waals surface area (Å²) >= 11 is 0. The van der Waals surface area contributed by atoms with Gasteiger partial charge < -0.3 is 5.32 Å². The second-order valence-corrected chi connectivity index (χ2v) is 15.2. The molecule has 2 aliphatic rings. The van der Waals surface area contributed by atoms with Gasteiger partial charge in [-0.15, -0.1) is 0 Å². The number of nitrogens with zero attached hydrogens (tertiary/aromatic N) is 1. The number of hydrogen-bond donors (Lipinski definition) is 1. The van der Waals surface area contributed by atoms with E-state index < -0.39 is 0 Å². The smallest absolute Gasteiger partial charge is 0.134 e. The van der Waals surface area contributed by atoms with E-state index in [0.717, 1.165) is 22.7 Å². The predicted octanol–water partition coefficient (Wildman–Crippen LogP) is 13.3. The highest BCUT2D eigenvalue weighted by Gasteiger charge is 2.38. The van der Waals surface area contributed by atoms with Gasteiger partial charge in [0.1, 0.15) is 5.84 Å². The lowest BCUT2D eigenvalue weighted by Gasteiger charge is -2.25. The van der Waals surface area contributed by atoms with E-state index in [1.807, 2.05) is 6.07 Å². The molecule has 8 aromatic rings. The van der Waals surface area contributed by atoms with E-state index in [9.17, 15) is 0 Å². The second kappa shape index (κ2) is 13.3. The van der Waals surface area contributed by atoms with E-state index in [1.54, 1.807) is 0 Å². The molecule has 0 radical (unpaired) electrons. The fourth-order valence-corrected chi connectivity index (χ4v) is 8.62. The molecule has 2 nitrogen and oxygen atoms in total. The summed E-state index contributed by atoms with van der Waals surface area (Å²) in [5, 5.41) is 6.32. The third kappa shape index (κ3) is 5.79. The summed E-state index contributed by atoms with van der Waals surface area (Å²) in [6.07, 6.45) is 2.27. The van der Waals surface area contributed by atoms with Crippen molar-refractivity contribution in [1.82, 2.24) is 5.32 Å². The molecule has 0 spiro atoms. The maximum absolute atomic E-state index is 5.24. The summed E-state index contributed by atoms with van der Waals surface area (Å²) in [5.74, 6) is 0.874. The van der Waals surface area contributed by atoms with E-state index in [4.69, 9.17) is 4.99 Å². The largest absolute Gasteiger partial charge is 0.359 e. The van der Waals surface area contributed by atoms with Crippen LogP contribution in [0.1, 0.15) is 47.7 Å². The molecular weight excluding hydrogens is 665 g/mol. The van der Waals surface area contributed by atoms with Crippen LogP contribution in [0.15, 0.2) is 199 Å². The first-order valence-corrected chi connectivity index (χ1v) is 19.2. The molecule has 55 heavy (non-hydrogen) atoms. The molecule has 10 rings (SSSR count). The van der Waals surface area contributed by atoms with Gasteiger partial charge in [0.15, 0.2) is 0 Å². The molecule has 0 bridgehead atoms. The molecule has 0 saturated heterocycles. The van der Waals surface area contributed by atoms with Crippen molar-refractivity contribution >= 4 is 22.3 Å². The van der Waals surface area contributed by atoms with E-state index in [2.05, 4.69) is 207 Å². The fourth-order valence-electron chi connectivity index (χ4n) is 8.62. The lowest BCUT2D eigenvalue weighted by atomic mass is 9.80. The second-order valence-electron chi connectivity index (χ2n) is 15.2. The Labute approximate surface area is 323 Å². The highest BCUT2D eigenvalue weighted by Crippen LogP contribution is 2.55. The lowest BCUT2D eigenvalue weighted by molar-refractivity contribution is 0.661. The van der Waals surface area contributed by atoms with Gasteiger partial charge in [0, 0.05) is 16.5 Å². The number of aliphatic imine (C=N–C) groups is 1. The van der Waals surface area contributed by atoms with Gasteiger partial charge in [-0.2, -0.15) is 0 Å². The zero-order valence-electron chi connectivity index (χ0n) is 31.0. The quantitative estimate of drug-likeness (QED) is 0.183. The minimum absolute atomic E-state index is 0.0372. The number of rotatable bonds is 6. The Bertz CT molecular complexity index is 2780. The molecule has 0 amide bonds. The molecule has 8 aromatic carbocycles. The van der Waals surface area contributed by atoms with Crippen LogP contribution < -0.4 is 5.32 Å². The summed E-state index contributed by atoms with van der Waals surface area (Å²) in [4.78, 5) is 5.24. The van der Waals surface area contributed by atoms with E-state index >= 15 is 0 Å². The van der Waals surface area contributed by atoms with Crippen LogP contribution in [0.2, 0.25) is 0 Å². The van der Waals surface area contributed by atoms with Crippen LogP contribution in [-0.2, 0) is 5.41 Å². The Balaban J connectivity index is 1.05. The maximum Gasteiger partial charge on any atom is 0.134 e. The lowest BCUT2D eigenvalue weighted by Crippen LogP contribution is -2.31. The number of nitrogens with one attached hydrogen (secondary N) is 1. The standard InChI is InChI=1S/C53H40N2/c1-53(2)46-32-41(29-30-45(46)51-47(53)33-42-21-12-13-24-44(42)50(51)38-17-8-4-9-18-38)40-22-14-23-43(31-40)49-34-48(54-52(55-49)39-19-10-5-11-20-39)37-27-25-36(26-28-37)35-15-6-3-7-16-35/h3-34,48H,1-2H3,(H,54,55). The van der Waals surface area contributed by atoms with E-state index in [0.29, 0.717) is 0 Å². The summed E-state index contributed by atoms with van der Waals surface area (Å²) in [5.41, 5.74) is 17.0. The third-order valence-electron chi connectivity index (χ3n) is 11.5. The Hall–Kier alpha value is -6.77. The van der Waals surface area contributed by atoms with Crippen LogP contribution in [0.4, 0.5) is 0 Å². The highest BCUT2D eigenvalue weighted by molar-refractivity contribution is 6.08. The molecule has 262 valence electrons. The summed E-state index contributed by atoms with van der Waals surface area (Å²) in [7, 11) is 0. The molecule has 2 heteroatoms. The minimum Gasteiger partial charge on any atom is -0.359 e. The van der Waals surface area contributed by atoms with Crippen molar-refractivity contribution in [1.29, 1.82) is 0 Å². The van der Waals surface area contributed by atoms with Crippen molar-refractivity contribution in [3.63, 3.8) is 0 Å². The van der Waals surface area contributed by atoms with E-state index in [-0.39, 0.29) is 11.5 Å². The van der Waals surface area contributed by atoms with Crippen molar-refractivity contribution in [2.75, 3.05) is 0 Å². The molecule has 1 aliphatic heterocycles. The zero-order valence-corrected chi connectivity index (χ0v) is 31.0. The molecule has 1 atom stereocenters. The highest BCUT2D eigenvalue weighted by atomic mass is 15.0. The maximum atomic E-state index is 5.24. The van der Waals surface area contributed by atoms with Crippen molar-refractivity contribution in [3.05, 3.63) is 222 Å². The van der Waals surface area contributed by atoms with Gasteiger partial charge in [0.2, 0.25) is 0 Å². The van der Waals surface area contributed by atoms with Crippen LogP contribution in [0.5, 0.6) is 0 Å². The van der Waals surface area contributed by atoms with Crippen LogP contribution in [-0.4, -0.2) is 5.84 Å². The van der Waals surface area contributed by atoms with Gasteiger partial charge in [-0.05, 0) is 96.2 Å². The molecular formula is C53H40N2. The molecule has 0 aromatic heterocycles. The summed E-state index contributed by atoms with van der Waals surface area (Å²) in [6, 6.07) is 68.0. The normalized spacial score (nSPS) is 15.4. The number of hydrogen-bond acceptors (Lipinski definition) is 2. The van der Waals surface area contributed by atoms with Gasteiger partial charge in [0.05, 0.1) is 11.7 Å². The molecule has 1 unspecified atom stereocenters. The van der Waals surface area contributed by atoms with Crippen molar-refractivity contribution in [2.24, 2.45) is 4.99 Å². The van der Waals surface area contributed by atoms with Gasteiger partial charge in [-0.1, -0.05) is 184 Å². The Morgan fingerprint density at radius 2 is 1.04 bits per heavy atom. The Morgan fingerprint density at radius 3 is 1.78 bits per heavy atom.